The van der Waals surface area contributed by atoms with E-state index in [9.17, 15) is 15.2 Å². The first kappa shape index (κ1) is 16.2. The maximum Gasteiger partial charge on any atom is 0.273 e. The van der Waals surface area contributed by atoms with Gasteiger partial charge < -0.3 is 10.4 Å². The molecular weight excluding hydrogens is 294 g/mol. The highest BCUT2D eigenvalue weighted by Crippen LogP contribution is 2.24. The smallest absolute Gasteiger partial charge is 0.273 e. The number of hydrogen-bond donors (Lipinski definition) is 2. The van der Waals surface area contributed by atoms with Crippen molar-refractivity contribution in [2.45, 2.75) is 25.4 Å². The lowest BCUT2D eigenvalue weighted by Gasteiger charge is -2.24. The quantitative estimate of drug-likeness (QED) is 0.593. The summed E-state index contributed by atoms with van der Waals surface area (Å²) in [5.41, 5.74) is 0.653. The molecule has 1 aromatic rings. The average molecular weight is 314 g/mol. The van der Waals surface area contributed by atoms with Gasteiger partial charge in [-0.2, -0.15) is 0 Å². The Balaban J connectivity index is 2.11. The number of halogens is 1. The molecule has 0 saturated carbocycles. The molecule has 0 aromatic heterocycles. The molecule has 2 N–H and O–H groups in total. The lowest BCUT2D eigenvalue weighted by Crippen LogP contribution is -2.38. The number of nitro benzene ring substituents is 1. The molecular formula is C14H20ClN3O3. The van der Waals surface area contributed by atoms with Crippen LogP contribution in [0.2, 0.25) is 5.02 Å². The largest absolute Gasteiger partial charge is 0.395 e. The maximum atomic E-state index is 11.1. The number of aliphatic hydroxyl groups excluding tert-OH is 1. The van der Waals surface area contributed by atoms with Gasteiger partial charge in [0.05, 0.1) is 11.5 Å². The highest BCUT2D eigenvalue weighted by molar-refractivity contribution is 6.30. The molecule has 116 valence electrons. The minimum absolute atomic E-state index is 0.0289. The predicted octanol–water partition coefficient (Wildman–Crippen LogP) is 1.79. The van der Waals surface area contributed by atoms with E-state index in [1.165, 1.54) is 12.1 Å². The van der Waals surface area contributed by atoms with Crippen molar-refractivity contribution in [3.05, 3.63) is 38.9 Å². The second-order valence-corrected chi connectivity index (χ2v) is 5.72. The zero-order valence-corrected chi connectivity index (χ0v) is 12.6. The van der Waals surface area contributed by atoms with Gasteiger partial charge in [-0.15, -0.1) is 0 Å². The Kier molecular flexibility index (Phi) is 5.93. The predicted molar refractivity (Wildman–Crippen MR) is 81.5 cm³/mol. The Bertz CT molecular complexity index is 492. The van der Waals surface area contributed by atoms with Gasteiger partial charge in [0.2, 0.25) is 0 Å². The molecule has 0 spiro atoms. The number of nitrogens with one attached hydrogen (secondary N) is 1. The fourth-order valence-electron chi connectivity index (χ4n) is 2.70. The molecule has 1 unspecified atom stereocenters. The van der Waals surface area contributed by atoms with Crippen LogP contribution in [-0.4, -0.2) is 47.2 Å². The number of nitro groups is 1. The topological polar surface area (TPSA) is 78.6 Å². The van der Waals surface area contributed by atoms with E-state index in [2.05, 4.69) is 5.32 Å². The first-order chi connectivity index (χ1) is 10.1. The number of benzene rings is 1. The minimum atomic E-state index is -0.392. The summed E-state index contributed by atoms with van der Waals surface area (Å²) in [7, 11) is 0. The summed E-state index contributed by atoms with van der Waals surface area (Å²) in [5, 5.41) is 24.2. The lowest BCUT2D eigenvalue weighted by atomic mass is 10.1. The van der Waals surface area contributed by atoms with E-state index in [1.807, 2.05) is 4.90 Å². The second kappa shape index (κ2) is 7.70. The molecule has 0 amide bonds. The van der Waals surface area contributed by atoms with Gasteiger partial charge >= 0.3 is 0 Å². The maximum absolute atomic E-state index is 11.1. The van der Waals surface area contributed by atoms with Gasteiger partial charge in [-0.3, -0.25) is 15.0 Å². The average Bonchev–Trinajstić information content (AvgIpc) is 2.91. The molecule has 21 heavy (non-hydrogen) atoms. The van der Waals surface area contributed by atoms with Crippen LogP contribution < -0.4 is 5.32 Å². The first-order valence-corrected chi connectivity index (χ1v) is 7.47. The van der Waals surface area contributed by atoms with Crippen molar-refractivity contribution in [2.24, 2.45) is 0 Å². The van der Waals surface area contributed by atoms with Gasteiger partial charge in [-0.25, -0.2) is 0 Å². The molecule has 7 heteroatoms. The van der Waals surface area contributed by atoms with Gasteiger partial charge in [0.15, 0.2) is 0 Å². The Morgan fingerprint density at radius 3 is 2.95 bits per heavy atom. The summed E-state index contributed by atoms with van der Waals surface area (Å²) >= 11 is 5.95. The van der Waals surface area contributed by atoms with Crippen LogP contribution in [0.15, 0.2) is 18.2 Å². The Morgan fingerprint density at radius 1 is 1.52 bits per heavy atom. The normalized spacial score (nSPS) is 18.3. The van der Waals surface area contributed by atoms with Crippen LogP contribution in [0, 0.1) is 10.1 Å². The third-order valence-corrected chi connectivity index (χ3v) is 3.92. The molecule has 1 heterocycles. The van der Waals surface area contributed by atoms with Crippen molar-refractivity contribution < 1.29 is 10.0 Å². The van der Waals surface area contributed by atoms with Crippen LogP contribution in [0.4, 0.5) is 5.69 Å². The third kappa shape index (κ3) is 4.64. The minimum Gasteiger partial charge on any atom is -0.395 e. The van der Waals surface area contributed by atoms with Crippen molar-refractivity contribution in [2.75, 3.05) is 26.2 Å². The molecule has 1 fully saturated rings. The molecule has 6 nitrogen and oxygen atoms in total. The Hall–Kier alpha value is -1.21. The number of hydrogen-bond acceptors (Lipinski definition) is 5. The Morgan fingerprint density at radius 2 is 2.33 bits per heavy atom. The van der Waals surface area contributed by atoms with Gasteiger partial charge in [-0.05, 0) is 31.5 Å². The van der Waals surface area contributed by atoms with Crippen LogP contribution in [0.3, 0.4) is 0 Å². The summed E-state index contributed by atoms with van der Waals surface area (Å²) in [6.45, 7) is 2.71. The van der Waals surface area contributed by atoms with E-state index < -0.39 is 4.92 Å². The summed E-state index contributed by atoms with van der Waals surface area (Å²) < 4.78 is 0. The van der Waals surface area contributed by atoms with E-state index in [-0.39, 0.29) is 12.3 Å². The SMILES string of the molecule is O=[N+]([O-])c1ccc(Cl)cc1CN(CCO)CC1CCCN1. The second-order valence-electron chi connectivity index (χ2n) is 5.28. The number of rotatable bonds is 7. The molecule has 0 radical (unpaired) electrons. The van der Waals surface area contributed by atoms with Crippen molar-refractivity contribution in [1.82, 2.24) is 10.2 Å². The summed E-state index contributed by atoms with van der Waals surface area (Å²) in [6, 6.07) is 4.97. The van der Waals surface area contributed by atoms with Gasteiger partial charge in [0, 0.05) is 42.3 Å². The van der Waals surface area contributed by atoms with Gasteiger partial charge in [-0.1, -0.05) is 11.6 Å². The monoisotopic (exact) mass is 313 g/mol. The van der Waals surface area contributed by atoms with Crippen LogP contribution in [-0.2, 0) is 6.54 Å². The molecule has 0 bridgehead atoms. The van der Waals surface area contributed by atoms with Crippen LogP contribution in [0.25, 0.3) is 0 Å². The van der Waals surface area contributed by atoms with Crippen LogP contribution in [0.5, 0.6) is 0 Å². The van der Waals surface area contributed by atoms with E-state index >= 15 is 0 Å². The molecule has 1 atom stereocenters. The molecule has 1 saturated heterocycles. The van der Waals surface area contributed by atoms with Crippen molar-refractivity contribution in [3.63, 3.8) is 0 Å². The van der Waals surface area contributed by atoms with Crippen molar-refractivity contribution >= 4 is 17.3 Å². The molecule has 1 aliphatic rings. The standard InChI is InChI=1S/C14H20ClN3O3/c15-12-3-4-14(18(20)21)11(8-12)9-17(6-7-19)10-13-2-1-5-16-13/h3-4,8,13,16,19H,1-2,5-7,9-10H2. The summed E-state index contributed by atoms with van der Waals surface area (Å²) in [4.78, 5) is 12.7. The van der Waals surface area contributed by atoms with Crippen LogP contribution >= 0.6 is 11.6 Å². The van der Waals surface area contributed by atoms with E-state index in [0.717, 1.165) is 25.9 Å². The summed E-state index contributed by atoms with van der Waals surface area (Å²) in [5.74, 6) is 0. The number of aliphatic hydroxyl groups is 1. The molecule has 0 aliphatic carbocycles. The van der Waals surface area contributed by atoms with Gasteiger partial charge in [0.25, 0.3) is 5.69 Å². The van der Waals surface area contributed by atoms with E-state index in [1.54, 1.807) is 6.07 Å². The zero-order valence-electron chi connectivity index (χ0n) is 11.8. The zero-order chi connectivity index (χ0) is 15.2. The van der Waals surface area contributed by atoms with Crippen LogP contribution in [0.1, 0.15) is 18.4 Å². The van der Waals surface area contributed by atoms with Crippen molar-refractivity contribution in [3.8, 4) is 0 Å². The highest BCUT2D eigenvalue weighted by atomic mass is 35.5. The van der Waals surface area contributed by atoms with E-state index in [0.29, 0.717) is 29.7 Å². The summed E-state index contributed by atoms with van der Waals surface area (Å²) in [6.07, 6.45) is 2.24. The highest BCUT2D eigenvalue weighted by Gasteiger charge is 2.21. The number of nitrogens with zero attached hydrogens (tertiary/aromatic N) is 2. The fraction of sp³-hybridized carbons (Fsp3) is 0.571. The van der Waals surface area contributed by atoms with Gasteiger partial charge in [0.1, 0.15) is 0 Å². The molecule has 1 aromatic carbocycles. The third-order valence-electron chi connectivity index (χ3n) is 3.69. The Labute approximate surface area is 128 Å². The van der Waals surface area contributed by atoms with E-state index in [4.69, 9.17) is 11.6 Å². The molecule has 2 rings (SSSR count). The molecule has 1 aliphatic heterocycles. The fourth-order valence-corrected chi connectivity index (χ4v) is 2.89. The first-order valence-electron chi connectivity index (χ1n) is 7.09. The van der Waals surface area contributed by atoms with Crippen molar-refractivity contribution in [1.29, 1.82) is 0 Å². The lowest BCUT2D eigenvalue weighted by molar-refractivity contribution is -0.385.